The lowest BCUT2D eigenvalue weighted by Gasteiger charge is -2.27. The highest BCUT2D eigenvalue weighted by molar-refractivity contribution is 5.86. The number of carbonyl (C=O) groups excluding carboxylic acids is 1. The number of nitrogens with one attached hydrogen (secondary N) is 2. The van der Waals surface area contributed by atoms with Gasteiger partial charge < -0.3 is 10.6 Å². The molecular weight excluding hydrogens is 188 g/mol. The zero-order valence-electron chi connectivity index (χ0n) is 10.2. The van der Waals surface area contributed by atoms with Gasteiger partial charge in [-0.2, -0.15) is 0 Å². The maximum Gasteiger partial charge on any atom is 0.240 e. The fourth-order valence-electron chi connectivity index (χ4n) is 2.04. The highest BCUT2D eigenvalue weighted by atomic mass is 16.2. The molecule has 0 spiro atoms. The second kappa shape index (κ2) is 5.50. The van der Waals surface area contributed by atoms with Gasteiger partial charge in [-0.15, -0.1) is 0 Å². The van der Waals surface area contributed by atoms with E-state index in [0.717, 1.165) is 38.8 Å². The van der Waals surface area contributed by atoms with Crippen LogP contribution in [-0.2, 0) is 4.79 Å². The lowest BCUT2D eigenvalue weighted by atomic mass is 9.93. The summed E-state index contributed by atoms with van der Waals surface area (Å²) in [5, 5.41) is 6.41. The fraction of sp³-hybridized carbons (Fsp3) is 0.917. The smallest absolute Gasteiger partial charge is 0.240 e. The van der Waals surface area contributed by atoms with Gasteiger partial charge in [-0.05, 0) is 31.7 Å². The average molecular weight is 212 g/mol. The Balaban J connectivity index is 2.44. The van der Waals surface area contributed by atoms with E-state index in [1.165, 1.54) is 0 Å². The molecule has 2 unspecified atom stereocenters. The SMILES string of the molecule is CCC(C)CNC(=O)C1(CC)CCCN1. The summed E-state index contributed by atoms with van der Waals surface area (Å²) in [7, 11) is 0. The Hall–Kier alpha value is -0.570. The molecule has 0 aliphatic carbocycles. The van der Waals surface area contributed by atoms with Gasteiger partial charge in [0.1, 0.15) is 0 Å². The third-order valence-electron chi connectivity index (χ3n) is 3.59. The summed E-state index contributed by atoms with van der Waals surface area (Å²) in [4.78, 5) is 12.0. The van der Waals surface area contributed by atoms with Crippen molar-refractivity contribution in [3.8, 4) is 0 Å². The third kappa shape index (κ3) is 2.94. The molecule has 0 aromatic carbocycles. The first kappa shape index (κ1) is 12.5. The molecule has 0 aromatic rings. The molecule has 0 bridgehead atoms. The highest BCUT2D eigenvalue weighted by Crippen LogP contribution is 2.23. The predicted molar refractivity (Wildman–Crippen MR) is 62.7 cm³/mol. The quantitative estimate of drug-likeness (QED) is 0.728. The molecule has 1 aliphatic rings. The predicted octanol–water partition coefficient (Wildman–Crippen LogP) is 1.68. The zero-order chi connectivity index (χ0) is 11.3. The van der Waals surface area contributed by atoms with Gasteiger partial charge in [0.15, 0.2) is 0 Å². The van der Waals surface area contributed by atoms with Crippen molar-refractivity contribution in [1.82, 2.24) is 10.6 Å². The minimum absolute atomic E-state index is 0.197. The molecule has 2 N–H and O–H groups in total. The van der Waals surface area contributed by atoms with E-state index in [-0.39, 0.29) is 11.4 Å². The van der Waals surface area contributed by atoms with Crippen LogP contribution in [0, 0.1) is 5.92 Å². The normalized spacial score (nSPS) is 27.7. The zero-order valence-corrected chi connectivity index (χ0v) is 10.2. The Kier molecular flexibility index (Phi) is 4.58. The first-order valence-electron chi connectivity index (χ1n) is 6.18. The Morgan fingerprint density at radius 2 is 2.27 bits per heavy atom. The van der Waals surface area contributed by atoms with Gasteiger partial charge in [0, 0.05) is 6.54 Å². The van der Waals surface area contributed by atoms with Crippen molar-refractivity contribution in [2.75, 3.05) is 13.1 Å². The molecule has 1 heterocycles. The van der Waals surface area contributed by atoms with Crippen LogP contribution in [0.3, 0.4) is 0 Å². The summed E-state index contributed by atoms with van der Waals surface area (Å²) < 4.78 is 0. The molecule has 0 radical (unpaired) electrons. The van der Waals surface area contributed by atoms with E-state index >= 15 is 0 Å². The average Bonchev–Trinajstić information content (AvgIpc) is 2.75. The van der Waals surface area contributed by atoms with Crippen LogP contribution < -0.4 is 10.6 Å². The molecule has 88 valence electrons. The van der Waals surface area contributed by atoms with Gasteiger partial charge in [-0.3, -0.25) is 4.79 Å². The van der Waals surface area contributed by atoms with Crippen molar-refractivity contribution >= 4 is 5.91 Å². The summed E-state index contributed by atoms with van der Waals surface area (Å²) in [5.74, 6) is 0.770. The third-order valence-corrected chi connectivity index (χ3v) is 3.59. The van der Waals surface area contributed by atoms with Crippen molar-refractivity contribution in [2.24, 2.45) is 5.92 Å². The topological polar surface area (TPSA) is 41.1 Å². The standard InChI is InChI=1S/C12H24N2O/c1-4-10(3)9-13-11(15)12(5-2)7-6-8-14-12/h10,14H,4-9H2,1-3H3,(H,13,15). The number of rotatable bonds is 5. The molecule has 0 aromatic heterocycles. The van der Waals surface area contributed by atoms with Crippen molar-refractivity contribution in [2.45, 2.75) is 52.0 Å². The van der Waals surface area contributed by atoms with Gasteiger partial charge in [0.2, 0.25) is 5.91 Å². The van der Waals surface area contributed by atoms with E-state index in [0.29, 0.717) is 5.92 Å². The van der Waals surface area contributed by atoms with Gasteiger partial charge in [-0.1, -0.05) is 27.2 Å². The second-order valence-corrected chi connectivity index (χ2v) is 4.69. The van der Waals surface area contributed by atoms with Crippen molar-refractivity contribution in [1.29, 1.82) is 0 Å². The van der Waals surface area contributed by atoms with Crippen LogP contribution in [0.2, 0.25) is 0 Å². The van der Waals surface area contributed by atoms with Gasteiger partial charge in [0.05, 0.1) is 5.54 Å². The van der Waals surface area contributed by atoms with Crippen LogP contribution in [0.1, 0.15) is 46.5 Å². The molecule has 3 nitrogen and oxygen atoms in total. The molecule has 3 heteroatoms. The number of carbonyl (C=O) groups is 1. The fourth-order valence-corrected chi connectivity index (χ4v) is 2.04. The van der Waals surface area contributed by atoms with Crippen LogP contribution in [-0.4, -0.2) is 24.5 Å². The Bertz CT molecular complexity index is 210. The molecule has 1 fully saturated rings. The van der Waals surface area contributed by atoms with E-state index in [2.05, 4.69) is 31.4 Å². The lowest BCUT2D eigenvalue weighted by molar-refractivity contribution is -0.127. The minimum atomic E-state index is -0.270. The van der Waals surface area contributed by atoms with Crippen LogP contribution in [0.5, 0.6) is 0 Å². The first-order chi connectivity index (χ1) is 7.14. The van der Waals surface area contributed by atoms with E-state index in [4.69, 9.17) is 0 Å². The van der Waals surface area contributed by atoms with Crippen molar-refractivity contribution < 1.29 is 4.79 Å². The maximum absolute atomic E-state index is 12.0. The van der Waals surface area contributed by atoms with E-state index < -0.39 is 0 Å². The maximum atomic E-state index is 12.0. The number of amides is 1. The van der Waals surface area contributed by atoms with Crippen molar-refractivity contribution in [3.63, 3.8) is 0 Å². The molecule has 1 amide bonds. The summed E-state index contributed by atoms with van der Waals surface area (Å²) in [6.07, 6.45) is 4.10. The summed E-state index contributed by atoms with van der Waals surface area (Å²) in [6, 6.07) is 0. The van der Waals surface area contributed by atoms with Crippen LogP contribution in [0.15, 0.2) is 0 Å². The molecule has 2 atom stereocenters. The number of hydrogen-bond donors (Lipinski definition) is 2. The molecule has 1 aliphatic heterocycles. The summed E-state index contributed by atoms with van der Waals surface area (Å²) in [6.45, 7) is 8.19. The van der Waals surface area contributed by atoms with Gasteiger partial charge in [0.25, 0.3) is 0 Å². The van der Waals surface area contributed by atoms with Gasteiger partial charge in [-0.25, -0.2) is 0 Å². The first-order valence-corrected chi connectivity index (χ1v) is 6.18. The van der Waals surface area contributed by atoms with Crippen molar-refractivity contribution in [3.05, 3.63) is 0 Å². The Labute approximate surface area is 93.0 Å². The number of hydrogen-bond acceptors (Lipinski definition) is 2. The van der Waals surface area contributed by atoms with Gasteiger partial charge >= 0.3 is 0 Å². The molecular formula is C12H24N2O. The minimum Gasteiger partial charge on any atom is -0.354 e. The van der Waals surface area contributed by atoms with E-state index in [9.17, 15) is 4.79 Å². The molecule has 1 saturated heterocycles. The lowest BCUT2D eigenvalue weighted by Crippen LogP contribution is -2.53. The Morgan fingerprint density at radius 1 is 1.53 bits per heavy atom. The van der Waals surface area contributed by atoms with Crippen LogP contribution >= 0.6 is 0 Å². The molecule has 1 rings (SSSR count). The summed E-state index contributed by atoms with van der Waals surface area (Å²) >= 11 is 0. The summed E-state index contributed by atoms with van der Waals surface area (Å²) in [5.41, 5.74) is -0.270. The monoisotopic (exact) mass is 212 g/mol. The van der Waals surface area contributed by atoms with E-state index in [1.807, 2.05) is 0 Å². The molecule has 0 saturated carbocycles. The van der Waals surface area contributed by atoms with Crippen LogP contribution in [0.25, 0.3) is 0 Å². The highest BCUT2D eigenvalue weighted by Gasteiger charge is 2.38. The Morgan fingerprint density at radius 3 is 2.73 bits per heavy atom. The molecule has 15 heavy (non-hydrogen) atoms. The van der Waals surface area contributed by atoms with E-state index in [1.54, 1.807) is 0 Å². The van der Waals surface area contributed by atoms with Crippen LogP contribution in [0.4, 0.5) is 0 Å². The second-order valence-electron chi connectivity index (χ2n) is 4.69. The largest absolute Gasteiger partial charge is 0.354 e.